The second kappa shape index (κ2) is 5.15. The Morgan fingerprint density at radius 3 is 2.47 bits per heavy atom. The molecule has 0 bridgehead atoms. The van der Waals surface area contributed by atoms with Gasteiger partial charge < -0.3 is 10.3 Å². The van der Waals surface area contributed by atoms with Crippen molar-refractivity contribution in [3.8, 4) is 11.3 Å². The summed E-state index contributed by atoms with van der Waals surface area (Å²) in [5.74, 6) is 0.984. The molecule has 0 aliphatic heterocycles. The molecular weight excluding hydrogens is 210 g/mol. The summed E-state index contributed by atoms with van der Waals surface area (Å²) < 4.78 is 0. The lowest BCUT2D eigenvalue weighted by molar-refractivity contribution is 0.490. The van der Waals surface area contributed by atoms with Gasteiger partial charge in [-0.3, -0.25) is 0 Å². The molecule has 90 valence electrons. The Hall–Kier alpha value is -1.61. The van der Waals surface area contributed by atoms with E-state index < -0.39 is 0 Å². The number of imidazole rings is 1. The van der Waals surface area contributed by atoms with Crippen molar-refractivity contribution < 1.29 is 0 Å². The highest BCUT2D eigenvalue weighted by atomic mass is 15.0. The van der Waals surface area contributed by atoms with Gasteiger partial charge in [-0.05, 0) is 12.5 Å². The van der Waals surface area contributed by atoms with Gasteiger partial charge in [0.2, 0.25) is 0 Å². The van der Waals surface area contributed by atoms with Crippen LogP contribution in [0.1, 0.15) is 32.6 Å². The second-order valence-electron chi connectivity index (χ2n) is 4.59. The molecule has 1 atom stereocenters. The van der Waals surface area contributed by atoms with Crippen molar-refractivity contribution >= 4 is 0 Å². The van der Waals surface area contributed by atoms with Gasteiger partial charge >= 0.3 is 0 Å². The SMILES string of the molecule is CC(C)N[C@@H](C)c1ncc(-c2ccccc2)[nH]1. The molecule has 0 unspecified atom stereocenters. The van der Waals surface area contributed by atoms with Crippen LogP contribution in [0.3, 0.4) is 0 Å². The van der Waals surface area contributed by atoms with E-state index in [4.69, 9.17) is 0 Å². The number of hydrogen-bond acceptors (Lipinski definition) is 2. The third kappa shape index (κ3) is 2.94. The summed E-state index contributed by atoms with van der Waals surface area (Å²) >= 11 is 0. The van der Waals surface area contributed by atoms with Crippen LogP contribution in [0, 0.1) is 0 Å². The fourth-order valence-corrected chi connectivity index (χ4v) is 1.90. The quantitative estimate of drug-likeness (QED) is 0.845. The molecule has 0 amide bonds. The highest BCUT2D eigenvalue weighted by molar-refractivity contribution is 5.58. The van der Waals surface area contributed by atoms with E-state index in [0.29, 0.717) is 6.04 Å². The minimum atomic E-state index is 0.243. The minimum absolute atomic E-state index is 0.243. The third-order valence-electron chi connectivity index (χ3n) is 2.67. The van der Waals surface area contributed by atoms with Crippen molar-refractivity contribution in [3.63, 3.8) is 0 Å². The number of aromatic nitrogens is 2. The Kier molecular flexibility index (Phi) is 3.59. The fraction of sp³-hybridized carbons (Fsp3) is 0.357. The number of H-pyrrole nitrogens is 1. The van der Waals surface area contributed by atoms with Crippen molar-refractivity contribution in [2.24, 2.45) is 0 Å². The molecule has 1 heterocycles. The molecule has 0 radical (unpaired) electrons. The van der Waals surface area contributed by atoms with E-state index in [-0.39, 0.29) is 6.04 Å². The van der Waals surface area contributed by atoms with Crippen molar-refractivity contribution in [1.82, 2.24) is 15.3 Å². The zero-order chi connectivity index (χ0) is 12.3. The molecule has 1 aromatic carbocycles. The number of aromatic amines is 1. The van der Waals surface area contributed by atoms with Crippen LogP contribution in [0.4, 0.5) is 0 Å². The second-order valence-corrected chi connectivity index (χ2v) is 4.59. The highest BCUT2D eigenvalue weighted by Gasteiger charge is 2.10. The number of hydrogen-bond donors (Lipinski definition) is 2. The molecule has 0 spiro atoms. The van der Waals surface area contributed by atoms with Crippen LogP contribution in [0.15, 0.2) is 36.5 Å². The predicted octanol–water partition coefficient (Wildman–Crippen LogP) is 3.14. The molecule has 1 aromatic heterocycles. The van der Waals surface area contributed by atoms with Crippen LogP contribution in [-0.2, 0) is 0 Å². The van der Waals surface area contributed by atoms with E-state index in [1.807, 2.05) is 24.4 Å². The van der Waals surface area contributed by atoms with E-state index in [0.717, 1.165) is 11.5 Å². The van der Waals surface area contributed by atoms with Gasteiger partial charge in [-0.15, -0.1) is 0 Å². The average Bonchev–Trinajstić information content (AvgIpc) is 2.78. The summed E-state index contributed by atoms with van der Waals surface area (Å²) in [5, 5.41) is 3.43. The maximum absolute atomic E-state index is 4.43. The molecule has 17 heavy (non-hydrogen) atoms. The zero-order valence-electron chi connectivity index (χ0n) is 10.6. The van der Waals surface area contributed by atoms with E-state index in [1.165, 1.54) is 5.56 Å². The monoisotopic (exact) mass is 229 g/mol. The minimum Gasteiger partial charge on any atom is -0.341 e. The molecule has 0 saturated carbocycles. The molecule has 3 heteroatoms. The van der Waals surface area contributed by atoms with Crippen LogP contribution in [0.25, 0.3) is 11.3 Å². The summed E-state index contributed by atoms with van der Waals surface area (Å²) in [6.45, 7) is 6.39. The van der Waals surface area contributed by atoms with Gasteiger partial charge in [-0.1, -0.05) is 44.2 Å². The van der Waals surface area contributed by atoms with Gasteiger partial charge in [0.05, 0.1) is 17.9 Å². The average molecular weight is 229 g/mol. The Morgan fingerprint density at radius 2 is 1.82 bits per heavy atom. The normalized spacial score (nSPS) is 12.9. The Balaban J connectivity index is 2.16. The zero-order valence-corrected chi connectivity index (χ0v) is 10.6. The van der Waals surface area contributed by atoms with Crippen molar-refractivity contribution in [1.29, 1.82) is 0 Å². The molecule has 2 rings (SSSR count). The van der Waals surface area contributed by atoms with Gasteiger partial charge in [-0.25, -0.2) is 4.98 Å². The maximum Gasteiger partial charge on any atom is 0.123 e. The third-order valence-corrected chi connectivity index (χ3v) is 2.67. The van der Waals surface area contributed by atoms with Crippen LogP contribution in [0.5, 0.6) is 0 Å². The first-order valence-corrected chi connectivity index (χ1v) is 6.03. The summed E-state index contributed by atoms with van der Waals surface area (Å²) in [7, 11) is 0. The highest BCUT2D eigenvalue weighted by Crippen LogP contribution is 2.18. The number of benzene rings is 1. The van der Waals surface area contributed by atoms with Crippen LogP contribution in [-0.4, -0.2) is 16.0 Å². The lowest BCUT2D eigenvalue weighted by atomic mass is 10.2. The van der Waals surface area contributed by atoms with Gasteiger partial charge in [0.1, 0.15) is 5.82 Å². The topological polar surface area (TPSA) is 40.7 Å². The summed E-state index contributed by atoms with van der Waals surface area (Å²) in [6, 6.07) is 10.9. The molecule has 0 fully saturated rings. The fourth-order valence-electron chi connectivity index (χ4n) is 1.90. The molecule has 0 aliphatic carbocycles. The predicted molar refractivity (Wildman–Crippen MR) is 70.7 cm³/mol. The first kappa shape index (κ1) is 11.9. The Morgan fingerprint density at radius 1 is 1.12 bits per heavy atom. The van der Waals surface area contributed by atoms with Crippen molar-refractivity contribution in [2.45, 2.75) is 32.9 Å². The molecule has 3 nitrogen and oxygen atoms in total. The van der Waals surface area contributed by atoms with E-state index >= 15 is 0 Å². The van der Waals surface area contributed by atoms with Crippen LogP contribution >= 0.6 is 0 Å². The van der Waals surface area contributed by atoms with Crippen LogP contribution in [0.2, 0.25) is 0 Å². The van der Waals surface area contributed by atoms with Gasteiger partial charge in [-0.2, -0.15) is 0 Å². The summed E-state index contributed by atoms with van der Waals surface area (Å²) in [4.78, 5) is 7.79. The van der Waals surface area contributed by atoms with Crippen molar-refractivity contribution in [2.75, 3.05) is 0 Å². The van der Waals surface area contributed by atoms with Crippen molar-refractivity contribution in [3.05, 3.63) is 42.4 Å². The first-order chi connectivity index (χ1) is 8.16. The summed E-state index contributed by atoms with van der Waals surface area (Å²) in [5.41, 5.74) is 2.24. The number of rotatable bonds is 4. The number of nitrogens with zero attached hydrogens (tertiary/aromatic N) is 1. The smallest absolute Gasteiger partial charge is 0.123 e. The Bertz CT molecular complexity index is 459. The lowest BCUT2D eigenvalue weighted by Crippen LogP contribution is -2.26. The van der Waals surface area contributed by atoms with Gasteiger partial charge in [0.25, 0.3) is 0 Å². The van der Waals surface area contributed by atoms with Crippen LogP contribution < -0.4 is 5.32 Å². The first-order valence-electron chi connectivity index (χ1n) is 6.03. The summed E-state index contributed by atoms with van der Waals surface area (Å²) in [6.07, 6.45) is 1.89. The van der Waals surface area contributed by atoms with Gasteiger partial charge in [0.15, 0.2) is 0 Å². The lowest BCUT2D eigenvalue weighted by Gasteiger charge is -2.14. The largest absolute Gasteiger partial charge is 0.341 e. The van der Waals surface area contributed by atoms with E-state index in [1.54, 1.807) is 0 Å². The van der Waals surface area contributed by atoms with Gasteiger partial charge in [0, 0.05) is 6.04 Å². The molecular formula is C14H19N3. The number of nitrogens with one attached hydrogen (secondary N) is 2. The molecule has 0 saturated heterocycles. The maximum atomic E-state index is 4.43. The van der Waals surface area contributed by atoms with E-state index in [2.05, 4.69) is 48.2 Å². The Labute approximate surface area is 102 Å². The van der Waals surface area contributed by atoms with E-state index in [9.17, 15) is 0 Å². The molecule has 2 aromatic rings. The standard InChI is InChI=1S/C14H19N3/c1-10(2)16-11(3)14-15-9-13(17-14)12-7-5-4-6-8-12/h4-11,16H,1-3H3,(H,15,17)/t11-/m0/s1. The molecule has 0 aliphatic rings. The molecule has 2 N–H and O–H groups in total.